The Morgan fingerprint density at radius 3 is 2.09 bits per heavy atom. The first-order valence-corrected chi connectivity index (χ1v) is 8.09. The average molecular weight is 303 g/mol. The molecular weight excluding hydrogens is 270 g/mol. The fraction of sp³-hybridized carbons (Fsp3) is 0.550. The third-order valence-electron chi connectivity index (χ3n) is 3.77. The number of rotatable bonds is 8. The molecule has 2 N–H and O–H groups in total. The average Bonchev–Trinajstić information content (AvgIpc) is 2.40. The van der Waals surface area contributed by atoms with Crippen LogP contribution in [0, 0.1) is 17.8 Å². The highest BCUT2D eigenvalue weighted by molar-refractivity contribution is 5.85. The van der Waals surface area contributed by atoms with Gasteiger partial charge in [-0.2, -0.15) is 0 Å². The van der Waals surface area contributed by atoms with Crippen LogP contribution >= 0.6 is 0 Å². The normalized spacial score (nSPS) is 15.4. The number of carbonyl (C=O) groups is 1. The Hall–Kier alpha value is -1.57. The largest absolute Gasteiger partial charge is 0.399 e. The second kappa shape index (κ2) is 9.45. The molecule has 2 heteroatoms. The molecule has 0 spiro atoms. The van der Waals surface area contributed by atoms with Crippen LogP contribution in [0.25, 0.3) is 0 Å². The van der Waals surface area contributed by atoms with E-state index in [1.807, 2.05) is 32.9 Å². The van der Waals surface area contributed by atoms with Crippen molar-refractivity contribution >= 4 is 5.78 Å². The molecule has 0 aromatic heterocycles. The number of hydrogen-bond donors (Lipinski definition) is 1. The Balaban J connectivity index is 5.33. The molecule has 0 aliphatic heterocycles. The Morgan fingerprint density at radius 2 is 1.68 bits per heavy atom. The summed E-state index contributed by atoms with van der Waals surface area (Å²) in [5, 5.41) is 0. The topological polar surface area (TPSA) is 43.1 Å². The van der Waals surface area contributed by atoms with Crippen LogP contribution in [-0.2, 0) is 4.79 Å². The van der Waals surface area contributed by atoms with E-state index in [-0.39, 0.29) is 11.7 Å². The van der Waals surface area contributed by atoms with Crippen molar-refractivity contribution in [2.75, 3.05) is 0 Å². The zero-order valence-corrected chi connectivity index (χ0v) is 15.4. The van der Waals surface area contributed by atoms with Gasteiger partial charge in [0.25, 0.3) is 0 Å². The smallest absolute Gasteiger partial charge is 0.143 e. The van der Waals surface area contributed by atoms with Crippen molar-refractivity contribution in [2.24, 2.45) is 23.5 Å². The maximum Gasteiger partial charge on any atom is 0.143 e. The van der Waals surface area contributed by atoms with Gasteiger partial charge in [0.15, 0.2) is 0 Å². The molecule has 0 aliphatic carbocycles. The molecule has 1 atom stereocenters. The number of nitrogens with two attached hydrogens (primary N) is 1. The lowest BCUT2D eigenvalue weighted by atomic mass is 9.89. The highest BCUT2D eigenvalue weighted by Gasteiger charge is 2.16. The van der Waals surface area contributed by atoms with Gasteiger partial charge in [0, 0.05) is 18.0 Å². The van der Waals surface area contributed by atoms with Crippen molar-refractivity contribution in [1.82, 2.24) is 0 Å². The quantitative estimate of drug-likeness (QED) is 0.495. The van der Waals surface area contributed by atoms with E-state index in [1.54, 1.807) is 0 Å². The third-order valence-corrected chi connectivity index (χ3v) is 3.77. The summed E-state index contributed by atoms with van der Waals surface area (Å²) >= 11 is 0. The van der Waals surface area contributed by atoms with E-state index in [4.69, 9.17) is 5.73 Å². The van der Waals surface area contributed by atoms with Gasteiger partial charge in [0.05, 0.1) is 0 Å². The van der Waals surface area contributed by atoms with E-state index in [9.17, 15) is 4.79 Å². The fourth-order valence-electron chi connectivity index (χ4n) is 2.11. The summed E-state index contributed by atoms with van der Waals surface area (Å²) in [7, 11) is 0. The molecule has 0 aromatic rings. The van der Waals surface area contributed by atoms with E-state index in [0.717, 1.165) is 22.4 Å². The fourth-order valence-corrected chi connectivity index (χ4v) is 2.11. The van der Waals surface area contributed by atoms with Crippen LogP contribution in [0.15, 0.2) is 47.2 Å². The Morgan fingerprint density at radius 1 is 1.14 bits per heavy atom. The second-order valence-corrected chi connectivity index (χ2v) is 6.85. The highest BCUT2D eigenvalue weighted by Crippen LogP contribution is 2.22. The molecule has 22 heavy (non-hydrogen) atoms. The van der Waals surface area contributed by atoms with Gasteiger partial charge in [-0.25, -0.2) is 0 Å². The number of carbonyl (C=O) groups excluding carboxylic acids is 1. The Kier molecular flexibility index (Phi) is 8.77. The van der Waals surface area contributed by atoms with Crippen LogP contribution in [0.1, 0.15) is 54.9 Å². The summed E-state index contributed by atoms with van der Waals surface area (Å²) in [5.41, 5.74) is 9.97. The van der Waals surface area contributed by atoms with Crippen LogP contribution in [-0.4, -0.2) is 5.78 Å². The molecule has 0 fully saturated rings. The van der Waals surface area contributed by atoms with Crippen LogP contribution < -0.4 is 5.73 Å². The Bertz CT molecular complexity index is 490. The molecule has 0 saturated carbocycles. The van der Waals surface area contributed by atoms with Crippen LogP contribution in [0.2, 0.25) is 0 Å². The van der Waals surface area contributed by atoms with Gasteiger partial charge in [-0.3, -0.25) is 4.79 Å². The van der Waals surface area contributed by atoms with Crippen molar-refractivity contribution in [1.29, 1.82) is 0 Å². The minimum atomic E-state index is -0.0921. The monoisotopic (exact) mass is 303 g/mol. The van der Waals surface area contributed by atoms with Crippen molar-refractivity contribution in [3.63, 3.8) is 0 Å². The summed E-state index contributed by atoms with van der Waals surface area (Å²) in [4.78, 5) is 12.3. The van der Waals surface area contributed by atoms with E-state index < -0.39 is 0 Å². The first kappa shape index (κ1) is 20.4. The molecule has 0 saturated heterocycles. The highest BCUT2D eigenvalue weighted by atomic mass is 16.1. The molecule has 1 unspecified atom stereocenters. The first-order valence-electron chi connectivity index (χ1n) is 8.09. The minimum Gasteiger partial charge on any atom is -0.399 e. The molecule has 0 radical (unpaired) electrons. The lowest BCUT2D eigenvalue weighted by Crippen LogP contribution is -2.13. The van der Waals surface area contributed by atoms with Crippen molar-refractivity contribution in [2.45, 2.75) is 54.9 Å². The summed E-state index contributed by atoms with van der Waals surface area (Å²) in [6, 6.07) is 0. The zero-order chi connectivity index (χ0) is 17.4. The molecule has 0 amide bonds. The molecule has 0 aliphatic rings. The Labute approximate surface area is 136 Å². The second-order valence-electron chi connectivity index (χ2n) is 6.85. The molecule has 124 valence electrons. The predicted molar refractivity (Wildman–Crippen MR) is 97.4 cm³/mol. The molecule has 0 aromatic carbocycles. The minimum absolute atomic E-state index is 0.0921. The van der Waals surface area contributed by atoms with Crippen molar-refractivity contribution in [3.05, 3.63) is 47.2 Å². The predicted octanol–water partition coefficient (Wildman–Crippen LogP) is 5.19. The van der Waals surface area contributed by atoms with Crippen LogP contribution in [0.3, 0.4) is 0 Å². The number of ketones is 1. The third kappa shape index (κ3) is 7.44. The lowest BCUT2D eigenvalue weighted by molar-refractivity contribution is -0.120. The summed E-state index contributed by atoms with van der Waals surface area (Å²) < 4.78 is 0. The lowest BCUT2D eigenvalue weighted by Gasteiger charge is -2.15. The number of hydrogen-bond acceptors (Lipinski definition) is 2. The molecular formula is C20H33NO. The zero-order valence-electron chi connectivity index (χ0n) is 15.4. The van der Waals surface area contributed by atoms with Gasteiger partial charge in [0.1, 0.15) is 5.78 Å². The van der Waals surface area contributed by atoms with Gasteiger partial charge < -0.3 is 5.73 Å². The maximum atomic E-state index is 12.3. The summed E-state index contributed by atoms with van der Waals surface area (Å²) in [6.07, 6.45) is 6.48. The maximum absolute atomic E-state index is 12.3. The van der Waals surface area contributed by atoms with E-state index in [0.29, 0.717) is 18.3 Å². The van der Waals surface area contributed by atoms with Gasteiger partial charge >= 0.3 is 0 Å². The van der Waals surface area contributed by atoms with Crippen LogP contribution in [0.4, 0.5) is 0 Å². The van der Waals surface area contributed by atoms with Gasteiger partial charge in [0.2, 0.25) is 0 Å². The van der Waals surface area contributed by atoms with Crippen LogP contribution in [0.5, 0.6) is 0 Å². The molecule has 2 nitrogen and oxygen atoms in total. The first-order chi connectivity index (χ1) is 10.1. The van der Waals surface area contributed by atoms with Gasteiger partial charge in [-0.05, 0) is 43.4 Å². The van der Waals surface area contributed by atoms with E-state index in [1.165, 1.54) is 0 Å². The molecule has 0 heterocycles. The summed E-state index contributed by atoms with van der Waals surface area (Å²) in [5.74, 6) is 0.926. The van der Waals surface area contributed by atoms with E-state index in [2.05, 4.69) is 40.3 Å². The van der Waals surface area contributed by atoms with Crippen molar-refractivity contribution < 1.29 is 4.79 Å². The van der Waals surface area contributed by atoms with Crippen molar-refractivity contribution in [3.8, 4) is 0 Å². The molecule has 0 rings (SSSR count). The van der Waals surface area contributed by atoms with Gasteiger partial charge in [-0.1, -0.05) is 58.4 Å². The number of allylic oxidation sites excluding steroid dienone is 6. The SMILES string of the molecule is C=C(C)C(C)C(=O)C/C(C)=C(/C=C(N)\C=C\C(C)C)C(C)C. The van der Waals surface area contributed by atoms with E-state index >= 15 is 0 Å². The molecule has 0 bridgehead atoms. The van der Waals surface area contributed by atoms with Gasteiger partial charge in [-0.15, -0.1) is 0 Å². The number of Topliss-reactive ketones (excluding diaryl/α,β-unsaturated/α-hetero) is 1. The standard InChI is InChI=1S/C20H33NO/c1-13(2)9-10-18(21)12-19(15(5)6)16(7)11-20(22)17(8)14(3)4/h9-10,12-13,15,17H,3,11,21H2,1-2,4-8H3/b10-9+,18-12+,19-16-. The summed E-state index contributed by atoms with van der Waals surface area (Å²) in [6.45, 7) is 18.2.